The number of rotatable bonds is 2. The molecular weight excluding hydrogens is 311 g/mol. The van der Waals surface area contributed by atoms with E-state index in [-0.39, 0.29) is 5.69 Å². The normalized spacial score (nSPS) is 11.6. The Morgan fingerprint density at radius 1 is 1.41 bits per heavy atom. The second-order valence-electron chi connectivity index (χ2n) is 3.00. The lowest BCUT2D eigenvalue weighted by Gasteiger charge is -2.13. The van der Waals surface area contributed by atoms with Crippen LogP contribution in [0.1, 0.15) is 23.4 Å². The van der Waals surface area contributed by atoms with Crippen molar-refractivity contribution < 1.29 is 22.0 Å². The van der Waals surface area contributed by atoms with Gasteiger partial charge in [0.05, 0.1) is 22.7 Å². The van der Waals surface area contributed by atoms with Crippen LogP contribution in [0.25, 0.3) is 0 Å². The summed E-state index contributed by atoms with van der Waals surface area (Å²) in [4.78, 5) is 3.15. The molecule has 8 heteroatoms. The van der Waals surface area contributed by atoms with Crippen LogP contribution in [0.15, 0.2) is 10.5 Å². The largest absolute Gasteiger partial charge is 0.434 e. The molecule has 0 radical (unpaired) electrons. The lowest BCUT2D eigenvalue weighted by Crippen LogP contribution is -2.12. The number of aromatic nitrogens is 1. The molecule has 0 saturated heterocycles. The summed E-state index contributed by atoms with van der Waals surface area (Å²) in [6.07, 6.45) is -8.39. The standard InChI is InChI=1S/C9H4BrF5N2/c10-6-5(8(11)12)3-4(1-2-16)17-7(6)9(13,14)15/h3,8H,1H2. The van der Waals surface area contributed by atoms with E-state index in [2.05, 4.69) is 20.9 Å². The van der Waals surface area contributed by atoms with E-state index in [1.165, 1.54) is 0 Å². The first-order valence-corrected chi connectivity index (χ1v) is 4.98. The molecule has 0 unspecified atom stereocenters. The van der Waals surface area contributed by atoms with Crippen LogP contribution < -0.4 is 0 Å². The Balaban J connectivity index is 3.44. The highest BCUT2D eigenvalue weighted by Crippen LogP contribution is 2.38. The number of halogens is 6. The molecule has 1 aromatic heterocycles. The van der Waals surface area contributed by atoms with E-state index >= 15 is 0 Å². The Kier molecular flexibility index (Phi) is 4.03. The van der Waals surface area contributed by atoms with E-state index in [0.29, 0.717) is 0 Å². The Morgan fingerprint density at radius 2 is 2.00 bits per heavy atom. The van der Waals surface area contributed by atoms with Crippen molar-refractivity contribution in [2.75, 3.05) is 0 Å². The maximum atomic E-state index is 12.5. The fraction of sp³-hybridized carbons (Fsp3) is 0.333. The third-order valence-corrected chi connectivity index (χ3v) is 2.64. The van der Waals surface area contributed by atoms with Gasteiger partial charge in [0.1, 0.15) is 0 Å². The van der Waals surface area contributed by atoms with Crippen LogP contribution in [0.3, 0.4) is 0 Å². The van der Waals surface area contributed by atoms with E-state index in [1.54, 1.807) is 6.07 Å². The molecule has 0 aliphatic rings. The Labute approximate surface area is 101 Å². The number of alkyl halides is 5. The van der Waals surface area contributed by atoms with Crippen molar-refractivity contribution in [1.82, 2.24) is 4.98 Å². The fourth-order valence-electron chi connectivity index (χ4n) is 1.12. The summed E-state index contributed by atoms with van der Waals surface area (Å²) >= 11 is 2.46. The van der Waals surface area contributed by atoms with Gasteiger partial charge >= 0.3 is 6.18 Å². The van der Waals surface area contributed by atoms with Gasteiger partial charge in [0, 0.05) is 5.56 Å². The summed E-state index contributed by atoms with van der Waals surface area (Å²) in [5, 5.41) is 8.34. The minimum Gasteiger partial charge on any atom is -0.246 e. The number of nitriles is 1. The van der Waals surface area contributed by atoms with E-state index < -0.39 is 34.8 Å². The molecule has 0 fully saturated rings. The highest BCUT2D eigenvalue weighted by Gasteiger charge is 2.37. The molecule has 17 heavy (non-hydrogen) atoms. The molecule has 0 amide bonds. The van der Waals surface area contributed by atoms with Crippen LogP contribution in [0.4, 0.5) is 22.0 Å². The summed E-state index contributed by atoms with van der Waals surface area (Å²) in [7, 11) is 0. The number of hydrogen-bond acceptors (Lipinski definition) is 2. The molecular formula is C9H4BrF5N2. The highest BCUT2D eigenvalue weighted by atomic mass is 79.9. The first-order chi connectivity index (χ1) is 7.77. The minimum absolute atomic E-state index is 0.335. The first kappa shape index (κ1) is 13.8. The third kappa shape index (κ3) is 3.12. The average Bonchev–Trinajstić information content (AvgIpc) is 2.18. The van der Waals surface area contributed by atoms with E-state index in [1.807, 2.05) is 0 Å². The van der Waals surface area contributed by atoms with Crippen molar-refractivity contribution >= 4 is 15.9 Å². The van der Waals surface area contributed by atoms with Gasteiger partial charge in [-0.25, -0.2) is 13.8 Å². The second-order valence-corrected chi connectivity index (χ2v) is 3.79. The molecule has 2 nitrogen and oxygen atoms in total. The van der Waals surface area contributed by atoms with Gasteiger partial charge in [0.25, 0.3) is 6.43 Å². The molecule has 0 atom stereocenters. The van der Waals surface area contributed by atoms with Gasteiger partial charge in [0.2, 0.25) is 0 Å². The van der Waals surface area contributed by atoms with Crippen LogP contribution in [0.2, 0.25) is 0 Å². The first-order valence-electron chi connectivity index (χ1n) is 4.19. The van der Waals surface area contributed by atoms with Crippen LogP contribution in [0.5, 0.6) is 0 Å². The third-order valence-electron chi connectivity index (χ3n) is 1.80. The number of hydrogen-bond donors (Lipinski definition) is 0. The van der Waals surface area contributed by atoms with Gasteiger partial charge < -0.3 is 0 Å². The van der Waals surface area contributed by atoms with Gasteiger partial charge in [-0.15, -0.1) is 0 Å². The van der Waals surface area contributed by atoms with Crippen molar-refractivity contribution in [1.29, 1.82) is 5.26 Å². The summed E-state index contributed by atoms with van der Waals surface area (Å²) in [5.74, 6) is 0. The summed E-state index contributed by atoms with van der Waals surface area (Å²) < 4.78 is 61.7. The van der Waals surface area contributed by atoms with Crippen molar-refractivity contribution in [3.63, 3.8) is 0 Å². The van der Waals surface area contributed by atoms with Crippen molar-refractivity contribution in [3.8, 4) is 6.07 Å². The lowest BCUT2D eigenvalue weighted by atomic mass is 10.1. The quantitative estimate of drug-likeness (QED) is 0.777. The maximum Gasteiger partial charge on any atom is 0.434 e. The van der Waals surface area contributed by atoms with Crippen LogP contribution in [0, 0.1) is 11.3 Å². The molecule has 0 spiro atoms. The summed E-state index contributed by atoms with van der Waals surface area (Å²) in [5.41, 5.74) is -2.60. The number of pyridine rings is 1. The zero-order chi connectivity index (χ0) is 13.2. The molecule has 1 aromatic rings. The van der Waals surface area contributed by atoms with Gasteiger partial charge in [-0.1, -0.05) is 0 Å². The van der Waals surface area contributed by atoms with Crippen molar-refractivity contribution in [2.24, 2.45) is 0 Å². The van der Waals surface area contributed by atoms with Gasteiger partial charge in [-0.3, -0.25) is 0 Å². The Hall–Kier alpha value is -1.23. The molecule has 0 bridgehead atoms. The molecule has 1 rings (SSSR count). The van der Waals surface area contributed by atoms with Crippen molar-refractivity contribution in [2.45, 2.75) is 19.0 Å². The number of nitrogens with zero attached hydrogens (tertiary/aromatic N) is 2. The topological polar surface area (TPSA) is 36.7 Å². The SMILES string of the molecule is N#CCc1cc(C(F)F)c(Br)c(C(F)(F)F)n1. The van der Waals surface area contributed by atoms with Crippen molar-refractivity contribution in [3.05, 3.63) is 27.5 Å². The molecule has 0 aliphatic carbocycles. The lowest BCUT2D eigenvalue weighted by molar-refractivity contribution is -0.142. The highest BCUT2D eigenvalue weighted by molar-refractivity contribution is 9.10. The van der Waals surface area contributed by atoms with E-state index in [0.717, 1.165) is 6.07 Å². The van der Waals surface area contributed by atoms with E-state index in [9.17, 15) is 22.0 Å². The van der Waals surface area contributed by atoms with Crippen LogP contribution >= 0.6 is 15.9 Å². The smallest absolute Gasteiger partial charge is 0.246 e. The Morgan fingerprint density at radius 3 is 2.41 bits per heavy atom. The molecule has 92 valence electrons. The van der Waals surface area contributed by atoms with Gasteiger partial charge in [0.15, 0.2) is 5.69 Å². The van der Waals surface area contributed by atoms with Crippen LogP contribution in [-0.4, -0.2) is 4.98 Å². The average molecular weight is 315 g/mol. The maximum absolute atomic E-state index is 12.5. The van der Waals surface area contributed by atoms with Gasteiger partial charge in [-0.05, 0) is 22.0 Å². The monoisotopic (exact) mass is 314 g/mol. The fourth-order valence-corrected chi connectivity index (χ4v) is 1.72. The second kappa shape index (κ2) is 4.96. The predicted molar refractivity (Wildman–Crippen MR) is 51.2 cm³/mol. The van der Waals surface area contributed by atoms with Gasteiger partial charge in [-0.2, -0.15) is 18.4 Å². The molecule has 1 heterocycles. The minimum atomic E-state index is -4.85. The predicted octanol–water partition coefficient (Wildman–Crippen LogP) is 3.87. The molecule has 0 aliphatic heterocycles. The summed E-state index contributed by atoms with van der Waals surface area (Å²) in [6, 6.07) is 2.34. The molecule has 0 aromatic carbocycles. The summed E-state index contributed by atoms with van der Waals surface area (Å²) in [6.45, 7) is 0. The zero-order valence-corrected chi connectivity index (χ0v) is 9.61. The molecule has 0 saturated carbocycles. The zero-order valence-electron chi connectivity index (χ0n) is 8.02. The van der Waals surface area contributed by atoms with E-state index in [4.69, 9.17) is 5.26 Å². The van der Waals surface area contributed by atoms with Crippen LogP contribution in [-0.2, 0) is 12.6 Å². The Bertz CT molecular complexity index is 464. The molecule has 0 N–H and O–H groups in total.